The Morgan fingerprint density at radius 3 is 0.706 bits per heavy atom. The molecule has 0 fully saturated rings. The molecule has 0 saturated carbocycles. The first-order valence-corrected chi connectivity index (χ1v) is 16.2. The Hall–Kier alpha value is -0.520. The Morgan fingerprint density at radius 1 is 0.265 bits per heavy atom. The van der Waals surface area contributed by atoms with Gasteiger partial charge in [0.1, 0.15) is 0 Å². The number of hydrogen-bond donors (Lipinski definition) is 0. The monoisotopic (exact) mass is 475 g/mol. The van der Waals surface area contributed by atoms with Gasteiger partial charge in [0.2, 0.25) is 0 Å². The molecule has 0 spiro atoms. The maximum Gasteiger partial charge on any atom is -0.0348 e. The molecule has 0 heteroatoms. The highest BCUT2D eigenvalue weighted by molar-refractivity contribution is 5.02. The van der Waals surface area contributed by atoms with Gasteiger partial charge in [0.15, 0.2) is 0 Å². The van der Waals surface area contributed by atoms with Crippen LogP contribution in [0.1, 0.15) is 194 Å². The van der Waals surface area contributed by atoms with Crippen LogP contribution in [-0.4, -0.2) is 0 Å². The minimum Gasteiger partial charge on any atom is -0.0845 e. The standard InChI is InChI=1S/C34H66/c1-3-5-7-9-11-13-15-17-19-21-23-25-27-29-31-33-34-32-30-28-26-24-22-20-18-16-14-12-10-8-6-4-2/h21,23,25,27H,3-20,22,24,26,28-34H2,1-2H3. The van der Waals surface area contributed by atoms with E-state index in [1.54, 1.807) is 0 Å². The molecule has 202 valence electrons. The molecule has 0 bridgehead atoms. The Balaban J connectivity index is 3.12. The highest BCUT2D eigenvalue weighted by Gasteiger charge is 1.95. The summed E-state index contributed by atoms with van der Waals surface area (Å²) in [5.41, 5.74) is 0. The van der Waals surface area contributed by atoms with Gasteiger partial charge in [-0.05, 0) is 25.7 Å². The number of allylic oxidation sites excluding steroid dienone is 4. The van der Waals surface area contributed by atoms with E-state index < -0.39 is 0 Å². The van der Waals surface area contributed by atoms with E-state index in [-0.39, 0.29) is 0 Å². The van der Waals surface area contributed by atoms with Crippen molar-refractivity contribution in [3.8, 4) is 0 Å². The smallest absolute Gasteiger partial charge is 0.0348 e. The van der Waals surface area contributed by atoms with E-state index in [2.05, 4.69) is 38.2 Å². The molecule has 0 aliphatic rings. The highest BCUT2D eigenvalue weighted by Crippen LogP contribution is 2.15. The van der Waals surface area contributed by atoms with Gasteiger partial charge in [0.25, 0.3) is 0 Å². The molecule has 0 unspecified atom stereocenters. The minimum atomic E-state index is 1.26. The lowest BCUT2D eigenvalue weighted by atomic mass is 10.0. The van der Waals surface area contributed by atoms with Crippen LogP contribution in [0.3, 0.4) is 0 Å². The molecule has 0 radical (unpaired) electrons. The van der Waals surface area contributed by atoms with Crippen LogP contribution in [0.4, 0.5) is 0 Å². The van der Waals surface area contributed by atoms with Crippen LogP contribution in [0.5, 0.6) is 0 Å². The summed E-state index contributed by atoms with van der Waals surface area (Å²) in [6.07, 6.45) is 49.4. The zero-order valence-electron chi connectivity index (χ0n) is 24.1. The third-order valence-electron chi connectivity index (χ3n) is 7.33. The Bertz CT molecular complexity index is 391. The average Bonchev–Trinajstić information content (AvgIpc) is 2.85. The first kappa shape index (κ1) is 33.5. The second-order valence-electron chi connectivity index (χ2n) is 10.9. The first-order valence-electron chi connectivity index (χ1n) is 16.2. The molecule has 0 rings (SSSR count). The summed E-state index contributed by atoms with van der Waals surface area (Å²) in [6, 6.07) is 0. The van der Waals surface area contributed by atoms with Gasteiger partial charge in [-0.2, -0.15) is 0 Å². The molecule has 0 aliphatic carbocycles. The molecule has 0 atom stereocenters. The quantitative estimate of drug-likeness (QED) is 0.0746. The maximum absolute atomic E-state index is 2.37. The molecule has 0 aromatic carbocycles. The molecule has 0 amide bonds. The summed E-state index contributed by atoms with van der Waals surface area (Å²) in [4.78, 5) is 0. The molecule has 0 aromatic heterocycles. The van der Waals surface area contributed by atoms with Crippen molar-refractivity contribution in [3.63, 3.8) is 0 Å². The third-order valence-corrected chi connectivity index (χ3v) is 7.33. The zero-order valence-corrected chi connectivity index (χ0v) is 24.1. The SMILES string of the molecule is CCCCCCCCCCC=CC=CCCCCCCCCCCCCCCCCCCCC. The minimum absolute atomic E-state index is 1.26. The summed E-state index contributed by atoms with van der Waals surface area (Å²) in [7, 11) is 0. The van der Waals surface area contributed by atoms with Gasteiger partial charge in [0, 0.05) is 0 Å². The fourth-order valence-electron chi connectivity index (χ4n) is 4.91. The number of hydrogen-bond acceptors (Lipinski definition) is 0. The molecule has 0 aromatic rings. The van der Waals surface area contributed by atoms with Gasteiger partial charge in [-0.25, -0.2) is 0 Å². The van der Waals surface area contributed by atoms with Crippen molar-refractivity contribution in [1.82, 2.24) is 0 Å². The predicted octanol–water partition coefficient (Wildman–Crippen LogP) is 13.1. The molecular weight excluding hydrogens is 408 g/mol. The van der Waals surface area contributed by atoms with Crippen LogP contribution in [0.25, 0.3) is 0 Å². The summed E-state index contributed by atoms with van der Waals surface area (Å²) in [5, 5.41) is 0. The van der Waals surface area contributed by atoms with Crippen LogP contribution in [0.2, 0.25) is 0 Å². The fourth-order valence-corrected chi connectivity index (χ4v) is 4.91. The predicted molar refractivity (Wildman–Crippen MR) is 159 cm³/mol. The lowest BCUT2D eigenvalue weighted by molar-refractivity contribution is 0.525. The van der Waals surface area contributed by atoms with Gasteiger partial charge in [-0.15, -0.1) is 0 Å². The molecule has 34 heavy (non-hydrogen) atoms. The van der Waals surface area contributed by atoms with E-state index in [1.807, 2.05) is 0 Å². The summed E-state index contributed by atoms with van der Waals surface area (Å²) in [5.74, 6) is 0. The Labute approximate surface area is 217 Å². The van der Waals surface area contributed by atoms with Crippen molar-refractivity contribution in [2.45, 2.75) is 194 Å². The van der Waals surface area contributed by atoms with Gasteiger partial charge >= 0.3 is 0 Å². The summed E-state index contributed by atoms with van der Waals surface area (Å²) in [6.45, 7) is 4.60. The van der Waals surface area contributed by atoms with E-state index in [1.165, 1.54) is 180 Å². The maximum atomic E-state index is 2.37. The van der Waals surface area contributed by atoms with Crippen molar-refractivity contribution in [2.24, 2.45) is 0 Å². The van der Waals surface area contributed by atoms with Crippen molar-refractivity contribution >= 4 is 0 Å². The van der Waals surface area contributed by atoms with Crippen LogP contribution in [-0.2, 0) is 0 Å². The second kappa shape index (κ2) is 32.5. The third kappa shape index (κ3) is 31.5. The van der Waals surface area contributed by atoms with E-state index in [0.29, 0.717) is 0 Å². The normalized spacial score (nSPS) is 11.9. The van der Waals surface area contributed by atoms with E-state index >= 15 is 0 Å². The Kier molecular flexibility index (Phi) is 32.0. The molecular formula is C34H66. The number of unbranched alkanes of at least 4 members (excludes halogenated alkanes) is 26. The van der Waals surface area contributed by atoms with Crippen LogP contribution in [0.15, 0.2) is 24.3 Å². The Morgan fingerprint density at radius 2 is 0.471 bits per heavy atom. The highest BCUT2D eigenvalue weighted by atomic mass is 14.0. The lowest BCUT2D eigenvalue weighted by Crippen LogP contribution is -1.84. The zero-order chi connectivity index (χ0) is 24.6. The van der Waals surface area contributed by atoms with Gasteiger partial charge in [-0.1, -0.05) is 192 Å². The van der Waals surface area contributed by atoms with Crippen LogP contribution >= 0.6 is 0 Å². The van der Waals surface area contributed by atoms with Gasteiger partial charge in [-0.3, -0.25) is 0 Å². The van der Waals surface area contributed by atoms with Gasteiger partial charge < -0.3 is 0 Å². The summed E-state index contributed by atoms with van der Waals surface area (Å²) >= 11 is 0. The molecule has 0 aliphatic heterocycles. The van der Waals surface area contributed by atoms with Crippen molar-refractivity contribution in [3.05, 3.63) is 24.3 Å². The van der Waals surface area contributed by atoms with Crippen molar-refractivity contribution in [2.75, 3.05) is 0 Å². The molecule has 0 heterocycles. The lowest BCUT2D eigenvalue weighted by Gasteiger charge is -2.03. The average molecular weight is 475 g/mol. The van der Waals surface area contributed by atoms with E-state index in [0.717, 1.165) is 0 Å². The van der Waals surface area contributed by atoms with E-state index in [9.17, 15) is 0 Å². The fraction of sp³-hybridized carbons (Fsp3) is 0.882. The largest absolute Gasteiger partial charge is 0.0845 e. The van der Waals surface area contributed by atoms with Gasteiger partial charge in [0.05, 0.1) is 0 Å². The summed E-state index contributed by atoms with van der Waals surface area (Å²) < 4.78 is 0. The molecule has 0 nitrogen and oxygen atoms in total. The first-order chi connectivity index (χ1) is 16.9. The van der Waals surface area contributed by atoms with Crippen LogP contribution < -0.4 is 0 Å². The molecule has 0 N–H and O–H groups in total. The second-order valence-corrected chi connectivity index (χ2v) is 10.9. The molecule has 0 saturated heterocycles. The number of rotatable bonds is 29. The van der Waals surface area contributed by atoms with Crippen molar-refractivity contribution < 1.29 is 0 Å². The van der Waals surface area contributed by atoms with Crippen molar-refractivity contribution in [1.29, 1.82) is 0 Å². The van der Waals surface area contributed by atoms with E-state index in [4.69, 9.17) is 0 Å². The topological polar surface area (TPSA) is 0 Å². The van der Waals surface area contributed by atoms with Crippen LogP contribution in [0, 0.1) is 0 Å².